The van der Waals surface area contributed by atoms with Crippen LogP contribution in [0.5, 0.6) is 0 Å². The van der Waals surface area contributed by atoms with Crippen molar-refractivity contribution in [2.24, 2.45) is 0 Å². The lowest BCUT2D eigenvalue weighted by Gasteiger charge is -2.21. The highest BCUT2D eigenvalue weighted by molar-refractivity contribution is 6.31. The lowest BCUT2D eigenvalue weighted by Crippen LogP contribution is -2.37. The summed E-state index contributed by atoms with van der Waals surface area (Å²) < 4.78 is 19.4. The lowest BCUT2D eigenvalue weighted by molar-refractivity contribution is -0.156. The van der Waals surface area contributed by atoms with Gasteiger partial charge in [0.25, 0.3) is 5.89 Å². The number of aryl methyl sites for hydroxylation is 1. The highest BCUT2D eigenvalue weighted by atomic mass is 19.1. The molecule has 7 nitrogen and oxygen atoms in total. The van der Waals surface area contributed by atoms with E-state index in [9.17, 15) is 19.1 Å². The van der Waals surface area contributed by atoms with Gasteiger partial charge in [-0.2, -0.15) is 4.98 Å². The molecule has 0 saturated carbocycles. The average molecular weight is 524 g/mol. The Kier molecular flexibility index (Phi) is 11.9. The van der Waals surface area contributed by atoms with Gasteiger partial charge in [0.15, 0.2) is 5.82 Å². The number of hydrogen-bond donors (Lipinski definition) is 1. The van der Waals surface area contributed by atoms with Gasteiger partial charge >= 0.3 is 11.9 Å². The van der Waals surface area contributed by atoms with E-state index >= 15 is 0 Å². The second-order valence-corrected chi connectivity index (χ2v) is 9.66. The Morgan fingerprint density at radius 2 is 1.55 bits per heavy atom. The number of rotatable bonds is 16. The van der Waals surface area contributed by atoms with Crippen LogP contribution in [-0.2, 0) is 29.0 Å². The van der Waals surface area contributed by atoms with Crippen molar-refractivity contribution in [3.63, 3.8) is 0 Å². The highest BCUT2D eigenvalue weighted by Crippen LogP contribution is 2.20. The number of aromatic nitrogens is 2. The van der Waals surface area contributed by atoms with Gasteiger partial charge in [-0.3, -0.25) is 4.79 Å². The summed E-state index contributed by atoms with van der Waals surface area (Å²) in [7, 11) is 0. The minimum absolute atomic E-state index is 0.0830. The summed E-state index contributed by atoms with van der Waals surface area (Å²) in [6.45, 7) is 2.41. The molecule has 1 amide bonds. The van der Waals surface area contributed by atoms with Crippen LogP contribution in [0.1, 0.15) is 81.7 Å². The maximum absolute atomic E-state index is 14.0. The van der Waals surface area contributed by atoms with Crippen molar-refractivity contribution >= 4 is 11.9 Å². The molecule has 0 bridgehead atoms. The van der Waals surface area contributed by atoms with Crippen LogP contribution in [0.2, 0.25) is 0 Å². The first kappa shape index (κ1) is 29.0. The van der Waals surface area contributed by atoms with Crippen molar-refractivity contribution in [3.8, 4) is 11.5 Å². The fourth-order valence-corrected chi connectivity index (χ4v) is 4.38. The van der Waals surface area contributed by atoms with Crippen LogP contribution >= 0.6 is 0 Å². The maximum Gasteiger partial charge on any atom is 0.394 e. The van der Waals surface area contributed by atoms with Crippen LogP contribution in [0, 0.1) is 5.82 Å². The van der Waals surface area contributed by atoms with E-state index in [0.717, 1.165) is 30.4 Å². The third kappa shape index (κ3) is 9.39. The van der Waals surface area contributed by atoms with E-state index in [-0.39, 0.29) is 25.3 Å². The minimum Gasteiger partial charge on any atom is -0.474 e. The van der Waals surface area contributed by atoms with Crippen molar-refractivity contribution in [1.82, 2.24) is 15.0 Å². The Morgan fingerprint density at radius 3 is 2.21 bits per heavy atom. The van der Waals surface area contributed by atoms with Crippen molar-refractivity contribution in [2.45, 2.75) is 84.1 Å². The molecule has 38 heavy (non-hydrogen) atoms. The smallest absolute Gasteiger partial charge is 0.394 e. The molecule has 0 radical (unpaired) electrons. The zero-order valence-corrected chi connectivity index (χ0v) is 22.2. The third-order valence-corrected chi connectivity index (χ3v) is 6.63. The number of amides is 1. The Labute approximate surface area is 224 Å². The molecular weight excluding hydrogens is 485 g/mol. The quantitative estimate of drug-likeness (QED) is 0.168. The van der Waals surface area contributed by atoms with Gasteiger partial charge in [-0.1, -0.05) is 93.8 Å². The highest BCUT2D eigenvalue weighted by Gasteiger charge is 2.21. The zero-order chi connectivity index (χ0) is 27.2. The molecule has 0 fully saturated rings. The van der Waals surface area contributed by atoms with Gasteiger partial charge in [0, 0.05) is 25.1 Å². The van der Waals surface area contributed by atoms with Crippen LogP contribution in [0.15, 0.2) is 53.1 Å². The number of halogens is 1. The normalized spacial score (nSPS) is 11.0. The van der Waals surface area contributed by atoms with Crippen molar-refractivity contribution in [2.75, 3.05) is 6.54 Å². The zero-order valence-electron chi connectivity index (χ0n) is 22.2. The number of unbranched alkanes of at least 4 members (excludes halogenated alkanes) is 8. The fourth-order valence-electron chi connectivity index (χ4n) is 4.38. The van der Waals surface area contributed by atoms with Gasteiger partial charge in [-0.25, -0.2) is 9.18 Å². The minimum atomic E-state index is -1.54. The largest absolute Gasteiger partial charge is 0.474 e. The Morgan fingerprint density at radius 1 is 0.895 bits per heavy atom. The summed E-state index contributed by atoms with van der Waals surface area (Å²) in [6, 6.07) is 13.5. The molecular formula is C30H38FN3O4. The molecule has 2 aromatic carbocycles. The van der Waals surface area contributed by atoms with Crippen molar-refractivity contribution in [1.29, 1.82) is 0 Å². The van der Waals surface area contributed by atoms with Crippen LogP contribution in [0.3, 0.4) is 0 Å². The van der Waals surface area contributed by atoms with Crippen LogP contribution in [-0.4, -0.2) is 38.6 Å². The Hall–Kier alpha value is -3.55. The molecule has 0 spiro atoms. The van der Waals surface area contributed by atoms with Crippen LogP contribution in [0.4, 0.5) is 4.39 Å². The molecule has 0 aliphatic rings. The van der Waals surface area contributed by atoms with E-state index in [0.29, 0.717) is 17.3 Å². The maximum atomic E-state index is 14.0. The summed E-state index contributed by atoms with van der Waals surface area (Å²) in [5.74, 6) is -1.82. The lowest BCUT2D eigenvalue weighted by atomic mass is 10.1. The Bertz CT molecular complexity index is 1150. The molecule has 0 aliphatic heterocycles. The monoisotopic (exact) mass is 523 g/mol. The molecule has 1 aromatic heterocycles. The van der Waals surface area contributed by atoms with Crippen LogP contribution < -0.4 is 0 Å². The summed E-state index contributed by atoms with van der Waals surface area (Å²) in [5.41, 5.74) is 1.93. The summed E-state index contributed by atoms with van der Waals surface area (Å²) in [6.07, 6.45) is 12.3. The van der Waals surface area contributed by atoms with E-state index in [1.165, 1.54) is 55.9 Å². The number of aliphatic carboxylic acids is 1. The van der Waals surface area contributed by atoms with E-state index in [4.69, 9.17) is 4.52 Å². The average Bonchev–Trinajstić information content (AvgIpc) is 3.39. The first-order chi connectivity index (χ1) is 18.5. The van der Waals surface area contributed by atoms with Crippen molar-refractivity contribution < 1.29 is 23.6 Å². The molecule has 1 N–H and O–H groups in total. The van der Waals surface area contributed by atoms with Gasteiger partial charge in [0.05, 0.1) is 0 Å². The summed E-state index contributed by atoms with van der Waals surface area (Å²) >= 11 is 0. The molecule has 0 saturated heterocycles. The number of carbonyl (C=O) groups is 2. The van der Waals surface area contributed by atoms with Gasteiger partial charge in [0.1, 0.15) is 5.82 Å². The summed E-state index contributed by atoms with van der Waals surface area (Å²) in [5, 5.41) is 13.3. The molecule has 8 heteroatoms. The standard InChI is InChI=1S/C30H38FN3O4/c1-2-3-4-5-6-7-8-9-10-15-27-32-28(38-33-27)25-18-16-23(17-19-25)22-34(29(35)30(36)37)21-20-24-13-11-12-14-26(24)31/h11-14,16-19H,2-10,15,20-22H2,1H3,(H,36,37). The Balaban J connectivity index is 1.49. The number of carbonyl (C=O) groups excluding carboxylic acids is 1. The van der Waals surface area contributed by atoms with Gasteiger partial charge in [-0.15, -0.1) is 0 Å². The van der Waals surface area contributed by atoms with Crippen molar-refractivity contribution in [3.05, 3.63) is 71.3 Å². The molecule has 0 atom stereocenters. The predicted octanol–water partition coefficient (Wildman–Crippen LogP) is 6.60. The number of nitrogens with zero attached hydrogens (tertiary/aromatic N) is 3. The predicted molar refractivity (Wildman–Crippen MR) is 144 cm³/mol. The molecule has 1 heterocycles. The SMILES string of the molecule is CCCCCCCCCCCc1noc(-c2ccc(CN(CCc3ccccc3F)C(=O)C(=O)O)cc2)n1. The number of carboxylic acid groups (broad SMARTS) is 1. The number of hydrogen-bond acceptors (Lipinski definition) is 5. The molecule has 0 unspecified atom stereocenters. The molecule has 0 aliphatic carbocycles. The third-order valence-electron chi connectivity index (χ3n) is 6.63. The van der Waals surface area contributed by atoms with E-state index < -0.39 is 11.9 Å². The number of benzene rings is 2. The van der Waals surface area contributed by atoms with E-state index in [1.54, 1.807) is 30.3 Å². The first-order valence-electron chi connectivity index (χ1n) is 13.7. The second kappa shape index (κ2) is 15.6. The first-order valence-corrected chi connectivity index (χ1v) is 13.7. The molecule has 3 aromatic rings. The second-order valence-electron chi connectivity index (χ2n) is 9.66. The fraction of sp³-hybridized carbons (Fsp3) is 0.467. The van der Waals surface area contributed by atoms with E-state index in [2.05, 4.69) is 17.1 Å². The van der Waals surface area contributed by atoms with Gasteiger partial charge in [0.2, 0.25) is 0 Å². The van der Waals surface area contributed by atoms with Crippen LogP contribution in [0.25, 0.3) is 11.5 Å². The van der Waals surface area contributed by atoms with Gasteiger partial charge in [-0.05, 0) is 42.2 Å². The number of carboxylic acids is 1. The topological polar surface area (TPSA) is 96.5 Å². The molecule has 3 rings (SSSR count). The molecule has 204 valence electrons. The summed E-state index contributed by atoms with van der Waals surface area (Å²) in [4.78, 5) is 29.3. The van der Waals surface area contributed by atoms with E-state index in [1.807, 2.05) is 12.1 Å². The van der Waals surface area contributed by atoms with Gasteiger partial charge < -0.3 is 14.5 Å².